The Bertz CT molecular complexity index is 328. The van der Waals surface area contributed by atoms with E-state index in [1.807, 2.05) is 18.2 Å². The van der Waals surface area contributed by atoms with Gasteiger partial charge in [-0.25, -0.2) is 0 Å². The number of carbonyl (C=O) groups is 1. The molecule has 0 aliphatic heterocycles. The van der Waals surface area contributed by atoms with Crippen molar-refractivity contribution in [1.29, 1.82) is 0 Å². The second-order valence-corrected chi connectivity index (χ2v) is 4.73. The van der Waals surface area contributed by atoms with Gasteiger partial charge in [-0.05, 0) is 24.5 Å². The minimum Gasteiger partial charge on any atom is -0.299 e. The third-order valence-corrected chi connectivity index (χ3v) is 3.41. The van der Waals surface area contributed by atoms with Gasteiger partial charge in [-0.1, -0.05) is 31.7 Å². The van der Waals surface area contributed by atoms with Gasteiger partial charge in [-0.3, -0.25) is 9.78 Å². The Morgan fingerprint density at radius 3 is 2.81 bits per heavy atom. The topological polar surface area (TPSA) is 30.0 Å². The van der Waals surface area contributed by atoms with E-state index in [-0.39, 0.29) is 0 Å². The van der Waals surface area contributed by atoms with Crippen molar-refractivity contribution in [1.82, 2.24) is 4.98 Å². The summed E-state index contributed by atoms with van der Waals surface area (Å²) in [7, 11) is 0. The standard InChI is InChI=1S/C14H19NO/c16-14(9-8-12-5-1-2-6-12)11-13-7-3-4-10-15-13/h3-4,7,10,12H,1-2,5-6,8-9,11H2. The van der Waals surface area contributed by atoms with Crippen molar-refractivity contribution in [3.05, 3.63) is 30.1 Å². The Kier molecular flexibility index (Phi) is 4.09. The molecule has 0 aromatic carbocycles. The molecule has 0 atom stereocenters. The zero-order chi connectivity index (χ0) is 11.2. The number of carbonyl (C=O) groups excluding carboxylic acids is 1. The number of Topliss-reactive ketones (excluding diaryl/α,β-unsaturated/α-hetero) is 1. The van der Waals surface area contributed by atoms with E-state index in [2.05, 4.69) is 4.98 Å². The average molecular weight is 217 g/mol. The second-order valence-electron chi connectivity index (χ2n) is 4.73. The quantitative estimate of drug-likeness (QED) is 0.758. The van der Waals surface area contributed by atoms with Gasteiger partial charge in [0.25, 0.3) is 0 Å². The fourth-order valence-corrected chi connectivity index (χ4v) is 2.46. The highest BCUT2D eigenvalue weighted by atomic mass is 16.1. The molecule has 2 heteroatoms. The number of rotatable bonds is 5. The van der Waals surface area contributed by atoms with E-state index in [1.165, 1.54) is 25.7 Å². The number of nitrogens with zero attached hydrogens (tertiary/aromatic N) is 1. The van der Waals surface area contributed by atoms with Crippen LogP contribution in [-0.2, 0) is 11.2 Å². The van der Waals surface area contributed by atoms with Gasteiger partial charge in [0.2, 0.25) is 0 Å². The molecular formula is C14H19NO. The first-order valence-corrected chi connectivity index (χ1v) is 6.26. The maximum atomic E-state index is 11.7. The lowest BCUT2D eigenvalue weighted by atomic mass is 9.99. The van der Waals surface area contributed by atoms with Gasteiger partial charge >= 0.3 is 0 Å². The summed E-state index contributed by atoms with van der Waals surface area (Å²) in [4.78, 5) is 15.9. The van der Waals surface area contributed by atoms with Crippen LogP contribution in [0.3, 0.4) is 0 Å². The van der Waals surface area contributed by atoms with Crippen LogP contribution in [0.1, 0.15) is 44.2 Å². The molecular weight excluding hydrogens is 198 g/mol. The summed E-state index contributed by atoms with van der Waals surface area (Å²) < 4.78 is 0. The maximum absolute atomic E-state index is 11.7. The Balaban J connectivity index is 1.72. The minimum atomic E-state index is 0.339. The first-order valence-electron chi connectivity index (χ1n) is 6.26. The molecule has 1 aliphatic carbocycles. The summed E-state index contributed by atoms with van der Waals surface area (Å²) in [6, 6.07) is 5.74. The first kappa shape index (κ1) is 11.3. The van der Waals surface area contributed by atoms with E-state index in [4.69, 9.17) is 0 Å². The summed E-state index contributed by atoms with van der Waals surface area (Å²) in [6.07, 6.45) is 9.46. The molecule has 0 unspecified atom stereocenters. The summed E-state index contributed by atoms with van der Waals surface area (Å²) in [5.74, 6) is 1.15. The third-order valence-electron chi connectivity index (χ3n) is 3.41. The van der Waals surface area contributed by atoms with Gasteiger partial charge in [-0.15, -0.1) is 0 Å². The van der Waals surface area contributed by atoms with E-state index < -0.39 is 0 Å². The SMILES string of the molecule is O=C(CCC1CCCC1)Cc1ccccn1. The second kappa shape index (κ2) is 5.78. The van der Waals surface area contributed by atoms with Gasteiger partial charge in [-0.2, -0.15) is 0 Å². The summed E-state index contributed by atoms with van der Waals surface area (Å²) in [5, 5.41) is 0. The van der Waals surface area contributed by atoms with Crippen molar-refractivity contribution < 1.29 is 4.79 Å². The minimum absolute atomic E-state index is 0.339. The fraction of sp³-hybridized carbons (Fsp3) is 0.571. The number of pyridine rings is 1. The van der Waals surface area contributed by atoms with Crippen molar-refractivity contribution in [2.45, 2.75) is 44.9 Å². The van der Waals surface area contributed by atoms with Crippen LogP contribution in [0, 0.1) is 5.92 Å². The van der Waals surface area contributed by atoms with Gasteiger partial charge in [0, 0.05) is 24.7 Å². The van der Waals surface area contributed by atoms with Gasteiger partial charge in [0.15, 0.2) is 0 Å². The molecule has 0 saturated heterocycles. The molecule has 1 aromatic heterocycles. The summed E-state index contributed by atoms with van der Waals surface area (Å²) >= 11 is 0. The van der Waals surface area contributed by atoms with Crippen LogP contribution in [0.25, 0.3) is 0 Å². The maximum Gasteiger partial charge on any atom is 0.138 e. The van der Waals surface area contributed by atoms with Crippen LogP contribution in [0.5, 0.6) is 0 Å². The molecule has 0 bridgehead atoms. The number of hydrogen-bond acceptors (Lipinski definition) is 2. The molecule has 0 spiro atoms. The molecule has 0 amide bonds. The van der Waals surface area contributed by atoms with E-state index in [0.29, 0.717) is 12.2 Å². The summed E-state index contributed by atoms with van der Waals surface area (Å²) in [6.45, 7) is 0. The molecule has 16 heavy (non-hydrogen) atoms. The summed E-state index contributed by atoms with van der Waals surface area (Å²) in [5.41, 5.74) is 0.902. The van der Waals surface area contributed by atoms with Crippen molar-refractivity contribution in [2.75, 3.05) is 0 Å². The third kappa shape index (κ3) is 3.44. The van der Waals surface area contributed by atoms with E-state index >= 15 is 0 Å². The van der Waals surface area contributed by atoms with Crippen LogP contribution in [0.4, 0.5) is 0 Å². The van der Waals surface area contributed by atoms with Crippen LogP contribution >= 0.6 is 0 Å². The molecule has 2 nitrogen and oxygen atoms in total. The number of hydrogen-bond donors (Lipinski definition) is 0. The Hall–Kier alpha value is -1.18. The molecule has 2 rings (SSSR count). The van der Waals surface area contributed by atoms with Gasteiger partial charge < -0.3 is 0 Å². The Morgan fingerprint density at radius 2 is 2.12 bits per heavy atom. The van der Waals surface area contributed by atoms with Crippen molar-refractivity contribution in [3.8, 4) is 0 Å². The van der Waals surface area contributed by atoms with Gasteiger partial charge in [0.1, 0.15) is 5.78 Å². The molecule has 1 aromatic rings. The molecule has 1 heterocycles. The zero-order valence-corrected chi connectivity index (χ0v) is 9.69. The molecule has 1 fully saturated rings. The predicted octanol–water partition coefficient (Wildman–Crippen LogP) is 3.16. The van der Waals surface area contributed by atoms with Crippen LogP contribution < -0.4 is 0 Å². The van der Waals surface area contributed by atoms with Crippen molar-refractivity contribution >= 4 is 5.78 Å². The molecule has 1 aliphatic rings. The van der Waals surface area contributed by atoms with E-state index in [0.717, 1.165) is 24.5 Å². The smallest absolute Gasteiger partial charge is 0.138 e. The lowest BCUT2D eigenvalue weighted by Gasteiger charge is -2.07. The van der Waals surface area contributed by atoms with Gasteiger partial charge in [0.05, 0.1) is 0 Å². The molecule has 1 saturated carbocycles. The Morgan fingerprint density at radius 1 is 1.31 bits per heavy atom. The Labute approximate surface area is 97.1 Å². The van der Waals surface area contributed by atoms with Crippen molar-refractivity contribution in [3.63, 3.8) is 0 Å². The van der Waals surface area contributed by atoms with Crippen LogP contribution in [0.15, 0.2) is 24.4 Å². The molecule has 86 valence electrons. The van der Waals surface area contributed by atoms with Crippen molar-refractivity contribution in [2.24, 2.45) is 5.92 Å². The average Bonchev–Trinajstić information content (AvgIpc) is 2.81. The first-order chi connectivity index (χ1) is 7.84. The monoisotopic (exact) mass is 217 g/mol. The lowest BCUT2D eigenvalue weighted by molar-refractivity contribution is -0.118. The largest absolute Gasteiger partial charge is 0.299 e. The van der Waals surface area contributed by atoms with Crippen LogP contribution in [-0.4, -0.2) is 10.8 Å². The van der Waals surface area contributed by atoms with E-state index in [1.54, 1.807) is 6.20 Å². The molecule has 0 radical (unpaired) electrons. The van der Waals surface area contributed by atoms with E-state index in [9.17, 15) is 4.79 Å². The molecule has 0 N–H and O–H groups in total. The lowest BCUT2D eigenvalue weighted by Crippen LogP contribution is -2.06. The fourth-order valence-electron chi connectivity index (χ4n) is 2.46. The predicted molar refractivity (Wildman–Crippen MR) is 64.1 cm³/mol. The zero-order valence-electron chi connectivity index (χ0n) is 9.69. The highest BCUT2D eigenvalue weighted by Gasteiger charge is 2.16. The number of ketones is 1. The highest BCUT2D eigenvalue weighted by molar-refractivity contribution is 5.80. The highest BCUT2D eigenvalue weighted by Crippen LogP contribution is 2.28. The normalized spacial score (nSPS) is 16.5. The number of aromatic nitrogens is 1. The van der Waals surface area contributed by atoms with Crippen LogP contribution in [0.2, 0.25) is 0 Å².